The van der Waals surface area contributed by atoms with Gasteiger partial charge in [0.1, 0.15) is 0 Å². The predicted octanol–water partition coefficient (Wildman–Crippen LogP) is 1.29. The van der Waals surface area contributed by atoms with Gasteiger partial charge < -0.3 is 14.6 Å². The molecule has 3 heterocycles. The second-order valence-corrected chi connectivity index (χ2v) is 5.15. The van der Waals surface area contributed by atoms with Gasteiger partial charge in [0.2, 0.25) is 5.89 Å². The molecule has 2 aliphatic heterocycles. The lowest BCUT2D eigenvalue weighted by Gasteiger charge is -2.18. The molecule has 3 unspecified atom stereocenters. The van der Waals surface area contributed by atoms with E-state index in [1.54, 1.807) is 0 Å². The third-order valence-corrected chi connectivity index (χ3v) is 3.82. The number of hydrogen-bond donors (Lipinski definition) is 1. The van der Waals surface area contributed by atoms with Crippen molar-refractivity contribution in [1.29, 1.82) is 0 Å². The van der Waals surface area contributed by atoms with E-state index in [-0.39, 0.29) is 0 Å². The van der Waals surface area contributed by atoms with Gasteiger partial charge >= 0.3 is 0 Å². The third-order valence-electron chi connectivity index (χ3n) is 3.82. The molecule has 0 spiro atoms. The lowest BCUT2D eigenvalue weighted by Crippen LogP contribution is -2.17. The van der Waals surface area contributed by atoms with Crippen molar-refractivity contribution < 1.29 is 9.26 Å². The molecule has 5 nitrogen and oxygen atoms in total. The Bertz CT molecular complexity index is 374. The van der Waals surface area contributed by atoms with Crippen molar-refractivity contribution in [2.75, 3.05) is 26.3 Å². The summed E-state index contributed by atoms with van der Waals surface area (Å²) in [6.45, 7) is 5.80. The molecule has 0 saturated carbocycles. The van der Waals surface area contributed by atoms with E-state index in [4.69, 9.17) is 9.26 Å². The Balaban J connectivity index is 1.73. The average molecular weight is 237 g/mol. The lowest BCUT2D eigenvalue weighted by atomic mass is 9.98. The minimum absolute atomic E-state index is 0.325. The number of ether oxygens (including phenoxy) is 1. The van der Waals surface area contributed by atoms with Gasteiger partial charge in [-0.3, -0.25) is 0 Å². The van der Waals surface area contributed by atoms with Gasteiger partial charge in [-0.1, -0.05) is 12.1 Å². The maximum absolute atomic E-state index is 5.46. The Kier molecular flexibility index (Phi) is 3.11. The van der Waals surface area contributed by atoms with E-state index in [9.17, 15) is 0 Å². The quantitative estimate of drug-likeness (QED) is 0.839. The van der Waals surface area contributed by atoms with Crippen LogP contribution < -0.4 is 5.32 Å². The summed E-state index contributed by atoms with van der Waals surface area (Å²) < 4.78 is 10.9. The van der Waals surface area contributed by atoms with E-state index in [2.05, 4.69) is 22.4 Å². The topological polar surface area (TPSA) is 60.2 Å². The summed E-state index contributed by atoms with van der Waals surface area (Å²) in [5.41, 5.74) is 0. The summed E-state index contributed by atoms with van der Waals surface area (Å²) in [7, 11) is 0. The Labute approximate surface area is 101 Å². The first-order valence-corrected chi connectivity index (χ1v) is 6.46. The van der Waals surface area contributed by atoms with Crippen molar-refractivity contribution in [1.82, 2.24) is 15.5 Å². The molecule has 0 radical (unpaired) electrons. The van der Waals surface area contributed by atoms with Crippen LogP contribution in [0.15, 0.2) is 4.52 Å². The highest BCUT2D eigenvalue weighted by molar-refractivity contribution is 5.04. The number of rotatable bonds is 2. The van der Waals surface area contributed by atoms with E-state index in [1.807, 2.05) is 0 Å². The van der Waals surface area contributed by atoms with Crippen LogP contribution >= 0.6 is 0 Å². The third kappa shape index (κ3) is 2.21. The fourth-order valence-electron chi connectivity index (χ4n) is 2.65. The molecule has 0 amide bonds. The summed E-state index contributed by atoms with van der Waals surface area (Å²) in [5, 5.41) is 7.48. The zero-order chi connectivity index (χ0) is 11.7. The lowest BCUT2D eigenvalue weighted by molar-refractivity contribution is 0.0773. The van der Waals surface area contributed by atoms with Crippen molar-refractivity contribution in [3.05, 3.63) is 11.7 Å². The first-order chi connectivity index (χ1) is 8.34. The van der Waals surface area contributed by atoms with Gasteiger partial charge in [-0.25, -0.2) is 0 Å². The molecule has 0 aliphatic carbocycles. The molecule has 2 fully saturated rings. The SMILES string of the molecule is CC1CNCC1c1nc(C2CCCOC2)no1. The van der Waals surface area contributed by atoms with Gasteiger partial charge in [-0.15, -0.1) is 0 Å². The van der Waals surface area contributed by atoms with E-state index < -0.39 is 0 Å². The number of nitrogens with one attached hydrogen (secondary N) is 1. The smallest absolute Gasteiger partial charge is 0.231 e. The van der Waals surface area contributed by atoms with Gasteiger partial charge in [0.15, 0.2) is 5.82 Å². The molecule has 1 aromatic rings. The highest BCUT2D eigenvalue weighted by Crippen LogP contribution is 2.29. The first-order valence-electron chi connectivity index (χ1n) is 6.46. The molecule has 0 aromatic carbocycles. The number of nitrogens with zero attached hydrogens (tertiary/aromatic N) is 2. The van der Waals surface area contributed by atoms with Crippen LogP contribution in [0.25, 0.3) is 0 Å². The first kappa shape index (κ1) is 11.2. The van der Waals surface area contributed by atoms with Gasteiger partial charge in [0, 0.05) is 19.1 Å². The molecule has 3 rings (SSSR count). The normalized spacial score (nSPS) is 34.1. The minimum atomic E-state index is 0.325. The van der Waals surface area contributed by atoms with E-state index in [1.165, 1.54) is 0 Å². The Morgan fingerprint density at radius 1 is 1.35 bits per heavy atom. The number of hydrogen-bond acceptors (Lipinski definition) is 5. The Morgan fingerprint density at radius 3 is 3.00 bits per heavy atom. The molecule has 1 N–H and O–H groups in total. The van der Waals surface area contributed by atoms with Crippen LogP contribution in [0, 0.1) is 5.92 Å². The molecular formula is C12H19N3O2. The van der Waals surface area contributed by atoms with Gasteiger partial charge in [-0.2, -0.15) is 4.98 Å². The molecule has 1 aromatic heterocycles. The Hall–Kier alpha value is -0.940. The van der Waals surface area contributed by atoms with Gasteiger partial charge in [-0.05, 0) is 25.3 Å². The fraction of sp³-hybridized carbons (Fsp3) is 0.833. The van der Waals surface area contributed by atoms with E-state index in [0.717, 1.165) is 50.9 Å². The standard InChI is InChI=1S/C12H19N3O2/c1-8-5-13-6-10(8)12-14-11(15-17-12)9-3-2-4-16-7-9/h8-10,13H,2-7H2,1H3. The monoisotopic (exact) mass is 237 g/mol. The maximum atomic E-state index is 5.46. The van der Waals surface area contributed by atoms with Crippen LogP contribution in [0.3, 0.4) is 0 Å². The number of aromatic nitrogens is 2. The van der Waals surface area contributed by atoms with Crippen LogP contribution in [0.1, 0.15) is 43.3 Å². The van der Waals surface area contributed by atoms with Crippen molar-refractivity contribution in [3.8, 4) is 0 Å². The summed E-state index contributed by atoms with van der Waals surface area (Å²) in [5.74, 6) is 2.90. The summed E-state index contributed by atoms with van der Waals surface area (Å²) in [6.07, 6.45) is 2.20. The molecule has 5 heteroatoms. The molecular weight excluding hydrogens is 218 g/mol. The highest BCUT2D eigenvalue weighted by Gasteiger charge is 2.31. The average Bonchev–Trinajstić information content (AvgIpc) is 2.98. The zero-order valence-corrected chi connectivity index (χ0v) is 10.2. The van der Waals surface area contributed by atoms with E-state index in [0.29, 0.717) is 17.8 Å². The fourth-order valence-corrected chi connectivity index (χ4v) is 2.65. The largest absolute Gasteiger partial charge is 0.381 e. The zero-order valence-electron chi connectivity index (χ0n) is 10.2. The highest BCUT2D eigenvalue weighted by atomic mass is 16.5. The van der Waals surface area contributed by atoms with Crippen molar-refractivity contribution >= 4 is 0 Å². The van der Waals surface area contributed by atoms with Crippen LogP contribution in [0.2, 0.25) is 0 Å². The molecule has 2 aliphatic rings. The van der Waals surface area contributed by atoms with Gasteiger partial charge in [0.05, 0.1) is 12.5 Å². The Morgan fingerprint density at radius 2 is 2.29 bits per heavy atom. The molecule has 2 saturated heterocycles. The summed E-state index contributed by atoms with van der Waals surface area (Å²) >= 11 is 0. The van der Waals surface area contributed by atoms with Crippen LogP contribution in [0.4, 0.5) is 0 Å². The van der Waals surface area contributed by atoms with Crippen LogP contribution in [0.5, 0.6) is 0 Å². The van der Waals surface area contributed by atoms with Gasteiger partial charge in [0.25, 0.3) is 0 Å². The molecule has 3 atom stereocenters. The van der Waals surface area contributed by atoms with Crippen LogP contribution in [-0.4, -0.2) is 36.4 Å². The van der Waals surface area contributed by atoms with Crippen LogP contribution in [-0.2, 0) is 4.74 Å². The van der Waals surface area contributed by atoms with Crippen molar-refractivity contribution in [3.63, 3.8) is 0 Å². The van der Waals surface area contributed by atoms with E-state index >= 15 is 0 Å². The van der Waals surface area contributed by atoms with Crippen molar-refractivity contribution in [2.24, 2.45) is 5.92 Å². The maximum Gasteiger partial charge on any atom is 0.231 e. The molecule has 94 valence electrons. The summed E-state index contributed by atoms with van der Waals surface area (Å²) in [4.78, 5) is 4.57. The minimum Gasteiger partial charge on any atom is -0.381 e. The molecule has 0 bridgehead atoms. The predicted molar refractivity (Wildman–Crippen MR) is 61.9 cm³/mol. The summed E-state index contributed by atoms with van der Waals surface area (Å²) in [6, 6.07) is 0. The molecule has 17 heavy (non-hydrogen) atoms. The second-order valence-electron chi connectivity index (χ2n) is 5.15. The van der Waals surface area contributed by atoms with Crippen molar-refractivity contribution in [2.45, 2.75) is 31.6 Å². The second kappa shape index (κ2) is 4.74.